The second-order valence-electron chi connectivity index (χ2n) is 4.33. The Balaban J connectivity index is 2.91. The van der Waals surface area contributed by atoms with Gasteiger partial charge in [0.15, 0.2) is 0 Å². The van der Waals surface area contributed by atoms with E-state index in [9.17, 15) is 8.42 Å². The standard InChI is InChI=1S/C13H22N2O4S/c1-5-14-9-10(2)20(16,17)15-12-7-6-11(18-3)8-13(12)19-4/h6-8,10,14-15H,5,9H2,1-4H3. The normalized spacial score (nSPS) is 12.8. The molecule has 0 aromatic heterocycles. The van der Waals surface area contributed by atoms with Gasteiger partial charge in [0.25, 0.3) is 0 Å². The third-order valence-corrected chi connectivity index (χ3v) is 4.60. The van der Waals surface area contributed by atoms with Crippen LogP contribution in [0.2, 0.25) is 0 Å². The molecule has 114 valence electrons. The molecule has 0 aliphatic heterocycles. The smallest absolute Gasteiger partial charge is 0.236 e. The van der Waals surface area contributed by atoms with E-state index in [2.05, 4.69) is 10.0 Å². The predicted octanol–water partition coefficient (Wildman–Crippen LogP) is 1.44. The van der Waals surface area contributed by atoms with Crippen LogP contribution >= 0.6 is 0 Å². The Morgan fingerprint density at radius 1 is 1.25 bits per heavy atom. The highest BCUT2D eigenvalue weighted by atomic mass is 32.2. The van der Waals surface area contributed by atoms with E-state index >= 15 is 0 Å². The van der Waals surface area contributed by atoms with Crippen LogP contribution in [0.15, 0.2) is 18.2 Å². The lowest BCUT2D eigenvalue weighted by atomic mass is 10.3. The van der Waals surface area contributed by atoms with Crippen molar-refractivity contribution in [2.75, 3.05) is 32.0 Å². The Morgan fingerprint density at radius 3 is 2.50 bits per heavy atom. The predicted molar refractivity (Wildman–Crippen MR) is 80.1 cm³/mol. The lowest BCUT2D eigenvalue weighted by Gasteiger charge is -2.17. The summed E-state index contributed by atoms with van der Waals surface area (Å²) < 4.78 is 37.2. The van der Waals surface area contributed by atoms with Gasteiger partial charge in [0.1, 0.15) is 11.5 Å². The van der Waals surface area contributed by atoms with Crippen molar-refractivity contribution in [1.82, 2.24) is 5.32 Å². The van der Waals surface area contributed by atoms with E-state index in [0.717, 1.165) is 6.54 Å². The minimum atomic E-state index is -3.47. The number of benzene rings is 1. The van der Waals surface area contributed by atoms with Gasteiger partial charge in [-0.1, -0.05) is 6.92 Å². The second kappa shape index (κ2) is 7.35. The molecule has 0 saturated heterocycles. The van der Waals surface area contributed by atoms with E-state index in [1.54, 1.807) is 25.1 Å². The largest absolute Gasteiger partial charge is 0.497 e. The minimum Gasteiger partial charge on any atom is -0.497 e. The van der Waals surface area contributed by atoms with Crippen molar-refractivity contribution in [1.29, 1.82) is 0 Å². The average Bonchev–Trinajstić information content (AvgIpc) is 2.44. The quantitative estimate of drug-likeness (QED) is 0.760. The van der Waals surface area contributed by atoms with Crippen LogP contribution in [0.3, 0.4) is 0 Å². The topological polar surface area (TPSA) is 76.7 Å². The van der Waals surface area contributed by atoms with Crippen LogP contribution in [-0.4, -0.2) is 41.0 Å². The molecule has 0 radical (unpaired) electrons. The molecular formula is C13H22N2O4S. The van der Waals surface area contributed by atoms with Gasteiger partial charge in [-0.15, -0.1) is 0 Å². The summed E-state index contributed by atoms with van der Waals surface area (Å²) in [7, 11) is -0.451. The number of ether oxygens (including phenoxy) is 2. The molecule has 0 amide bonds. The molecule has 1 atom stereocenters. The first-order valence-electron chi connectivity index (χ1n) is 6.39. The summed E-state index contributed by atoms with van der Waals surface area (Å²) in [5, 5.41) is 2.47. The third kappa shape index (κ3) is 4.28. The SMILES string of the molecule is CCNCC(C)S(=O)(=O)Nc1ccc(OC)cc1OC. The first-order valence-corrected chi connectivity index (χ1v) is 7.93. The molecule has 1 rings (SSSR count). The van der Waals surface area contributed by atoms with Gasteiger partial charge in [-0.05, 0) is 25.6 Å². The van der Waals surface area contributed by atoms with Gasteiger partial charge in [-0.3, -0.25) is 4.72 Å². The van der Waals surface area contributed by atoms with Gasteiger partial charge < -0.3 is 14.8 Å². The van der Waals surface area contributed by atoms with E-state index in [1.165, 1.54) is 14.2 Å². The van der Waals surface area contributed by atoms with Crippen molar-refractivity contribution in [2.24, 2.45) is 0 Å². The lowest BCUT2D eigenvalue weighted by Crippen LogP contribution is -2.34. The number of methoxy groups -OCH3 is 2. The average molecular weight is 302 g/mol. The Morgan fingerprint density at radius 2 is 1.95 bits per heavy atom. The Labute approximate surface area is 120 Å². The highest BCUT2D eigenvalue weighted by Gasteiger charge is 2.21. The van der Waals surface area contributed by atoms with E-state index in [0.29, 0.717) is 23.7 Å². The molecule has 2 N–H and O–H groups in total. The summed E-state index contributed by atoms with van der Waals surface area (Å²) in [4.78, 5) is 0. The molecule has 1 aromatic rings. The van der Waals surface area contributed by atoms with Gasteiger partial charge in [0.2, 0.25) is 10.0 Å². The van der Waals surface area contributed by atoms with Crippen molar-refractivity contribution in [3.8, 4) is 11.5 Å². The minimum absolute atomic E-state index is 0.393. The molecule has 0 aliphatic carbocycles. The monoisotopic (exact) mass is 302 g/mol. The zero-order valence-corrected chi connectivity index (χ0v) is 13.1. The third-order valence-electron chi connectivity index (χ3n) is 2.87. The van der Waals surface area contributed by atoms with Crippen LogP contribution in [-0.2, 0) is 10.0 Å². The second-order valence-corrected chi connectivity index (χ2v) is 6.43. The van der Waals surface area contributed by atoms with E-state index in [-0.39, 0.29) is 0 Å². The van der Waals surface area contributed by atoms with Crippen LogP contribution in [0.1, 0.15) is 13.8 Å². The van der Waals surface area contributed by atoms with Gasteiger partial charge in [-0.2, -0.15) is 0 Å². The number of nitrogens with one attached hydrogen (secondary N) is 2. The Hall–Kier alpha value is -1.47. The maximum atomic E-state index is 12.2. The Kier molecular flexibility index (Phi) is 6.09. The maximum absolute atomic E-state index is 12.2. The molecule has 6 nitrogen and oxygen atoms in total. The first-order chi connectivity index (χ1) is 9.44. The van der Waals surface area contributed by atoms with Crippen molar-refractivity contribution < 1.29 is 17.9 Å². The maximum Gasteiger partial charge on any atom is 0.236 e. The van der Waals surface area contributed by atoms with Gasteiger partial charge >= 0.3 is 0 Å². The fraction of sp³-hybridized carbons (Fsp3) is 0.538. The van der Waals surface area contributed by atoms with Crippen molar-refractivity contribution >= 4 is 15.7 Å². The highest BCUT2D eigenvalue weighted by molar-refractivity contribution is 7.93. The summed E-state index contributed by atoms with van der Waals surface area (Å²) in [6, 6.07) is 4.93. The first kappa shape index (κ1) is 16.6. The fourth-order valence-corrected chi connectivity index (χ4v) is 2.61. The molecule has 0 saturated carbocycles. The molecule has 20 heavy (non-hydrogen) atoms. The molecule has 0 spiro atoms. The van der Waals surface area contributed by atoms with E-state index in [4.69, 9.17) is 9.47 Å². The van der Waals surface area contributed by atoms with Gasteiger partial charge in [0, 0.05) is 12.6 Å². The van der Waals surface area contributed by atoms with Crippen molar-refractivity contribution in [3.63, 3.8) is 0 Å². The number of hydrogen-bond acceptors (Lipinski definition) is 5. The van der Waals surface area contributed by atoms with Crippen LogP contribution in [0, 0.1) is 0 Å². The molecule has 0 heterocycles. The molecule has 1 unspecified atom stereocenters. The fourth-order valence-electron chi connectivity index (χ4n) is 1.59. The van der Waals surface area contributed by atoms with Crippen LogP contribution in [0.25, 0.3) is 0 Å². The number of rotatable bonds is 8. The van der Waals surface area contributed by atoms with Crippen LogP contribution in [0.5, 0.6) is 11.5 Å². The molecule has 1 aromatic carbocycles. The Bertz CT molecular complexity index is 531. The van der Waals surface area contributed by atoms with Crippen LogP contribution in [0.4, 0.5) is 5.69 Å². The van der Waals surface area contributed by atoms with Crippen molar-refractivity contribution in [2.45, 2.75) is 19.1 Å². The summed E-state index contributed by atoms with van der Waals surface area (Å²) in [6.07, 6.45) is 0. The highest BCUT2D eigenvalue weighted by Crippen LogP contribution is 2.30. The van der Waals surface area contributed by atoms with Gasteiger partial charge in [0.05, 0.1) is 25.2 Å². The summed E-state index contributed by atoms with van der Waals surface area (Å²) in [5.74, 6) is 1.02. The molecule has 0 aliphatic rings. The number of hydrogen-bond donors (Lipinski definition) is 2. The van der Waals surface area contributed by atoms with E-state index in [1.807, 2.05) is 6.92 Å². The lowest BCUT2D eigenvalue weighted by molar-refractivity contribution is 0.395. The van der Waals surface area contributed by atoms with Crippen molar-refractivity contribution in [3.05, 3.63) is 18.2 Å². The summed E-state index contributed by atoms with van der Waals surface area (Å²) >= 11 is 0. The zero-order chi connectivity index (χ0) is 15.2. The molecule has 7 heteroatoms. The molecule has 0 fully saturated rings. The van der Waals surface area contributed by atoms with E-state index < -0.39 is 15.3 Å². The number of sulfonamides is 1. The van der Waals surface area contributed by atoms with Gasteiger partial charge in [-0.25, -0.2) is 8.42 Å². The summed E-state index contributed by atoms with van der Waals surface area (Å²) in [6.45, 7) is 4.70. The summed E-state index contributed by atoms with van der Waals surface area (Å²) in [5.41, 5.74) is 0.400. The molecule has 0 bridgehead atoms. The van der Waals surface area contributed by atoms with Crippen LogP contribution < -0.4 is 19.5 Å². The molecular weight excluding hydrogens is 280 g/mol. The zero-order valence-electron chi connectivity index (χ0n) is 12.3. The number of anilines is 1.